The highest BCUT2D eigenvalue weighted by Gasteiger charge is 2.09. The summed E-state index contributed by atoms with van der Waals surface area (Å²) in [5.74, 6) is 0.387. The van der Waals surface area contributed by atoms with Crippen LogP contribution in [0.2, 0.25) is 0 Å². The number of rotatable bonds is 6. The molecule has 2 heteroatoms. The van der Waals surface area contributed by atoms with Crippen LogP contribution in [0.15, 0.2) is 36.4 Å². The molecule has 0 radical (unpaired) electrons. The van der Waals surface area contributed by atoms with Gasteiger partial charge < -0.3 is 10.4 Å². The second kappa shape index (κ2) is 6.58. The second-order valence-electron chi connectivity index (χ2n) is 5.06. The molecule has 0 aliphatic rings. The third-order valence-corrected chi connectivity index (χ3v) is 3.71. The number of phenolic OH excluding ortho intramolecular Hbond substituents is 1. The summed E-state index contributed by atoms with van der Waals surface area (Å²) in [5.41, 5.74) is 1.01. The molecular formula is C17H23NO. The summed E-state index contributed by atoms with van der Waals surface area (Å²) >= 11 is 0. The molecule has 19 heavy (non-hydrogen) atoms. The third kappa shape index (κ3) is 3.27. The summed E-state index contributed by atoms with van der Waals surface area (Å²) in [5, 5.41) is 16.0. The highest BCUT2D eigenvalue weighted by atomic mass is 16.3. The van der Waals surface area contributed by atoms with E-state index in [4.69, 9.17) is 0 Å². The molecule has 2 rings (SSSR count). The molecule has 0 amide bonds. The summed E-state index contributed by atoms with van der Waals surface area (Å²) in [4.78, 5) is 0. The van der Waals surface area contributed by atoms with Gasteiger partial charge in [-0.1, -0.05) is 50.6 Å². The molecule has 0 bridgehead atoms. The van der Waals surface area contributed by atoms with Crippen LogP contribution in [-0.4, -0.2) is 11.1 Å². The van der Waals surface area contributed by atoms with Gasteiger partial charge >= 0.3 is 0 Å². The molecular weight excluding hydrogens is 234 g/mol. The third-order valence-electron chi connectivity index (χ3n) is 3.71. The van der Waals surface area contributed by atoms with Crippen LogP contribution < -0.4 is 5.32 Å². The summed E-state index contributed by atoms with van der Waals surface area (Å²) in [6.45, 7) is 5.14. The summed E-state index contributed by atoms with van der Waals surface area (Å²) in [7, 11) is 0. The predicted octanol–water partition coefficient (Wildman–Crippen LogP) is 4.21. The average Bonchev–Trinajstić information content (AvgIpc) is 2.45. The van der Waals surface area contributed by atoms with E-state index >= 15 is 0 Å². The molecule has 0 aromatic heterocycles. The normalized spacial score (nSPS) is 12.7. The molecule has 0 saturated carbocycles. The summed E-state index contributed by atoms with van der Waals surface area (Å²) in [6.07, 6.45) is 3.49. The van der Waals surface area contributed by atoms with Gasteiger partial charge in [-0.25, -0.2) is 0 Å². The van der Waals surface area contributed by atoms with Crippen molar-refractivity contribution in [3.05, 3.63) is 42.0 Å². The Labute approximate surface area is 115 Å². The lowest BCUT2D eigenvalue weighted by atomic mass is 10.0. The lowest BCUT2D eigenvalue weighted by Crippen LogP contribution is -2.27. The van der Waals surface area contributed by atoms with Gasteiger partial charge in [0, 0.05) is 18.2 Å². The van der Waals surface area contributed by atoms with Gasteiger partial charge in [-0.2, -0.15) is 0 Å². The molecule has 0 fully saturated rings. The first-order chi connectivity index (χ1) is 9.26. The largest absolute Gasteiger partial charge is 0.508 e. The number of hydrogen-bond acceptors (Lipinski definition) is 2. The Kier molecular flexibility index (Phi) is 4.80. The van der Waals surface area contributed by atoms with Crippen LogP contribution in [0.4, 0.5) is 0 Å². The molecule has 1 unspecified atom stereocenters. The van der Waals surface area contributed by atoms with Gasteiger partial charge in [0.25, 0.3) is 0 Å². The molecule has 0 saturated heterocycles. The minimum absolute atomic E-state index is 0.387. The smallest absolute Gasteiger partial charge is 0.120 e. The molecule has 0 aliphatic carbocycles. The topological polar surface area (TPSA) is 32.3 Å². The molecule has 2 nitrogen and oxygen atoms in total. The number of aromatic hydroxyl groups is 1. The van der Waals surface area contributed by atoms with Crippen LogP contribution in [-0.2, 0) is 6.54 Å². The minimum atomic E-state index is 0.387. The van der Waals surface area contributed by atoms with E-state index in [0.717, 1.165) is 23.9 Å². The molecule has 1 atom stereocenters. The number of hydrogen-bond donors (Lipinski definition) is 2. The highest BCUT2D eigenvalue weighted by Crippen LogP contribution is 2.27. The van der Waals surface area contributed by atoms with Gasteiger partial charge in [0.05, 0.1) is 0 Å². The number of benzene rings is 2. The van der Waals surface area contributed by atoms with E-state index in [1.54, 1.807) is 6.07 Å². The summed E-state index contributed by atoms with van der Waals surface area (Å²) < 4.78 is 0. The van der Waals surface area contributed by atoms with Crippen LogP contribution in [0, 0.1) is 0 Å². The number of fused-ring (bicyclic) bond motifs is 1. The Morgan fingerprint density at radius 2 is 1.89 bits per heavy atom. The number of nitrogens with one attached hydrogen (secondary N) is 1. The van der Waals surface area contributed by atoms with E-state index in [0.29, 0.717) is 11.8 Å². The Balaban J connectivity index is 2.22. The molecule has 2 aromatic carbocycles. The highest BCUT2D eigenvalue weighted by molar-refractivity contribution is 5.87. The minimum Gasteiger partial charge on any atom is -0.508 e. The first kappa shape index (κ1) is 13.9. The Morgan fingerprint density at radius 1 is 1.11 bits per heavy atom. The van der Waals surface area contributed by atoms with Crippen LogP contribution in [0.25, 0.3) is 10.8 Å². The van der Waals surface area contributed by atoms with Crippen molar-refractivity contribution in [1.29, 1.82) is 0 Å². The quantitative estimate of drug-likeness (QED) is 0.812. The second-order valence-corrected chi connectivity index (χ2v) is 5.06. The van der Waals surface area contributed by atoms with E-state index < -0.39 is 0 Å². The standard InChI is InChI=1S/C17H23NO/c1-3-7-14(4-2)18-12-16-15-9-6-5-8-13(15)10-11-17(16)19/h5-6,8-11,14,18-19H,3-4,7,12H2,1-2H3. The first-order valence-electron chi connectivity index (χ1n) is 7.19. The maximum atomic E-state index is 10.1. The zero-order valence-corrected chi connectivity index (χ0v) is 11.8. The monoisotopic (exact) mass is 257 g/mol. The van der Waals surface area contributed by atoms with Crippen molar-refractivity contribution in [2.75, 3.05) is 0 Å². The van der Waals surface area contributed by atoms with Gasteiger partial charge in [0.2, 0.25) is 0 Å². The molecule has 0 spiro atoms. The molecule has 0 aliphatic heterocycles. The van der Waals surface area contributed by atoms with E-state index in [1.165, 1.54) is 18.2 Å². The van der Waals surface area contributed by atoms with Gasteiger partial charge in [0.1, 0.15) is 5.75 Å². The Morgan fingerprint density at radius 3 is 2.63 bits per heavy atom. The van der Waals surface area contributed by atoms with E-state index in [2.05, 4.69) is 31.3 Å². The van der Waals surface area contributed by atoms with Gasteiger partial charge in [-0.15, -0.1) is 0 Å². The maximum absolute atomic E-state index is 10.1. The molecule has 2 aromatic rings. The lowest BCUT2D eigenvalue weighted by Gasteiger charge is -2.17. The predicted molar refractivity (Wildman–Crippen MR) is 81.4 cm³/mol. The fourth-order valence-electron chi connectivity index (χ4n) is 2.56. The van der Waals surface area contributed by atoms with Crippen molar-refractivity contribution in [1.82, 2.24) is 5.32 Å². The molecule has 0 heterocycles. The van der Waals surface area contributed by atoms with Crippen LogP contribution in [0.5, 0.6) is 5.75 Å². The van der Waals surface area contributed by atoms with Gasteiger partial charge in [-0.3, -0.25) is 0 Å². The van der Waals surface area contributed by atoms with Crippen molar-refractivity contribution in [2.24, 2.45) is 0 Å². The van der Waals surface area contributed by atoms with E-state index in [9.17, 15) is 5.11 Å². The maximum Gasteiger partial charge on any atom is 0.120 e. The van der Waals surface area contributed by atoms with Crippen LogP contribution in [0.1, 0.15) is 38.7 Å². The molecule has 2 N–H and O–H groups in total. The van der Waals surface area contributed by atoms with Crippen LogP contribution in [0.3, 0.4) is 0 Å². The fraction of sp³-hybridized carbons (Fsp3) is 0.412. The zero-order chi connectivity index (χ0) is 13.7. The van der Waals surface area contributed by atoms with E-state index in [-0.39, 0.29) is 0 Å². The zero-order valence-electron chi connectivity index (χ0n) is 11.8. The van der Waals surface area contributed by atoms with Crippen molar-refractivity contribution >= 4 is 10.8 Å². The SMILES string of the molecule is CCCC(CC)NCc1c(O)ccc2ccccc12. The van der Waals surface area contributed by atoms with Crippen LogP contribution >= 0.6 is 0 Å². The average molecular weight is 257 g/mol. The molecule has 102 valence electrons. The van der Waals surface area contributed by atoms with E-state index in [1.807, 2.05) is 18.2 Å². The summed E-state index contributed by atoms with van der Waals surface area (Å²) in [6, 6.07) is 12.5. The van der Waals surface area contributed by atoms with Gasteiger partial charge in [-0.05, 0) is 29.7 Å². The number of phenols is 1. The first-order valence-corrected chi connectivity index (χ1v) is 7.19. The fourth-order valence-corrected chi connectivity index (χ4v) is 2.56. The lowest BCUT2D eigenvalue weighted by molar-refractivity contribution is 0.441. The van der Waals surface area contributed by atoms with Crippen molar-refractivity contribution in [2.45, 2.75) is 45.7 Å². The van der Waals surface area contributed by atoms with Crippen molar-refractivity contribution in [3.63, 3.8) is 0 Å². The van der Waals surface area contributed by atoms with Crippen molar-refractivity contribution < 1.29 is 5.11 Å². The Bertz CT molecular complexity index is 536. The van der Waals surface area contributed by atoms with Gasteiger partial charge in [0.15, 0.2) is 0 Å². The Hall–Kier alpha value is -1.54. The van der Waals surface area contributed by atoms with Crippen molar-refractivity contribution in [3.8, 4) is 5.75 Å².